The second-order valence-electron chi connectivity index (χ2n) is 13.1. The molecule has 0 spiro atoms. The lowest BCUT2D eigenvalue weighted by Crippen LogP contribution is -1.96. The maximum absolute atomic E-state index is 7.01. The van der Waals surface area contributed by atoms with Gasteiger partial charge in [-0.15, -0.1) is 0 Å². The zero-order valence-corrected chi connectivity index (χ0v) is 27.7. The third-order valence-electron chi connectivity index (χ3n) is 10.1. The first-order valence-corrected chi connectivity index (χ1v) is 17.4. The van der Waals surface area contributed by atoms with Crippen molar-refractivity contribution in [1.82, 2.24) is 15.0 Å². The van der Waals surface area contributed by atoms with Crippen LogP contribution in [0.3, 0.4) is 0 Å². The molecule has 242 valence electrons. The van der Waals surface area contributed by atoms with E-state index in [2.05, 4.69) is 115 Å². The summed E-state index contributed by atoms with van der Waals surface area (Å²) in [6, 6.07) is 56.0. The highest BCUT2D eigenvalue weighted by molar-refractivity contribution is 6.25. The SMILES string of the molecule is c1ccc(-c2cc(-c3ccc4c(c3)oc3ccccc34)nc(-c3cccc4c3oc3c4ccc4c(-c5ccccc5)nc5ccccc5c43)n2)cc1. The molecule has 5 nitrogen and oxygen atoms in total. The summed E-state index contributed by atoms with van der Waals surface area (Å²) >= 11 is 0. The molecule has 0 fully saturated rings. The number of pyridine rings is 1. The molecule has 5 heteroatoms. The lowest BCUT2D eigenvalue weighted by molar-refractivity contribution is 0.669. The van der Waals surface area contributed by atoms with Gasteiger partial charge in [0.25, 0.3) is 0 Å². The fraction of sp³-hybridized carbons (Fsp3) is 0. The Morgan fingerprint density at radius 3 is 1.85 bits per heavy atom. The quantitative estimate of drug-likeness (QED) is 0.175. The lowest BCUT2D eigenvalue weighted by atomic mass is 9.97. The number of fused-ring (bicyclic) bond motifs is 10. The zero-order chi connectivity index (χ0) is 34.2. The van der Waals surface area contributed by atoms with Crippen LogP contribution in [0.5, 0.6) is 0 Å². The van der Waals surface area contributed by atoms with Crippen LogP contribution in [0.1, 0.15) is 0 Å². The number of rotatable bonds is 4. The van der Waals surface area contributed by atoms with E-state index in [1.54, 1.807) is 0 Å². The predicted octanol–water partition coefficient (Wildman–Crippen LogP) is 12.6. The van der Waals surface area contributed by atoms with Crippen molar-refractivity contribution in [2.75, 3.05) is 0 Å². The van der Waals surface area contributed by atoms with E-state index in [1.165, 1.54) is 0 Å². The topological polar surface area (TPSA) is 65.0 Å². The average molecular weight is 666 g/mol. The van der Waals surface area contributed by atoms with Crippen molar-refractivity contribution in [1.29, 1.82) is 0 Å². The van der Waals surface area contributed by atoms with Crippen molar-refractivity contribution < 1.29 is 8.83 Å². The molecule has 0 aliphatic rings. The third-order valence-corrected chi connectivity index (χ3v) is 10.1. The maximum atomic E-state index is 7.01. The molecule has 0 aliphatic heterocycles. The number of benzene rings is 7. The Morgan fingerprint density at radius 2 is 1.00 bits per heavy atom. The van der Waals surface area contributed by atoms with Gasteiger partial charge in [0.15, 0.2) is 5.82 Å². The van der Waals surface area contributed by atoms with Gasteiger partial charge >= 0.3 is 0 Å². The Hall–Kier alpha value is -7.11. The minimum atomic E-state index is 0.589. The second kappa shape index (κ2) is 11.2. The molecule has 0 atom stereocenters. The first kappa shape index (κ1) is 28.7. The van der Waals surface area contributed by atoms with Gasteiger partial charge in [0, 0.05) is 54.4 Å². The van der Waals surface area contributed by atoms with Crippen molar-refractivity contribution in [3.63, 3.8) is 0 Å². The zero-order valence-electron chi connectivity index (χ0n) is 27.7. The molecular formula is C47H27N3O2. The molecule has 11 rings (SSSR count). The van der Waals surface area contributed by atoms with E-state index in [-0.39, 0.29) is 0 Å². The van der Waals surface area contributed by atoms with Crippen LogP contribution in [-0.2, 0) is 0 Å². The smallest absolute Gasteiger partial charge is 0.164 e. The Labute approximate surface area is 297 Å². The van der Waals surface area contributed by atoms with E-state index in [9.17, 15) is 0 Å². The molecule has 0 saturated carbocycles. The van der Waals surface area contributed by atoms with Gasteiger partial charge in [-0.05, 0) is 42.5 Å². The Kier molecular flexibility index (Phi) is 6.18. The third kappa shape index (κ3) is 4.39. The van der Waals surface area contributed by atoms with Crippen molar-refractivity contribution >= 4 is 65.6 Å². The van der Waals surface area contributed by atoms with Gasteiger partial charge in [-0.3, -0.25) is 0 Å². The van der Waals surface area contributed by atoms with Crippen molar-refractivity contribution in [2.24, 2.45) is 0 Å². The van der Waals surface area contributed by atoms with Gasteiger partial charge in [-0.2, -0.15) is 0 Å². The van der Waals surface area contributed by atoms with E-state index in [1.807, 2.05) is 48.5 Å². The summed E-state index contributed by atoms with van der Waals surface area (Å²) in [5.41, 5.74) is 10.6. The van der Waals surface area contributed by atoms with Crippen LogP contribution >= 0.6 is 0 Å². The fourth-order valence-electron chi connectivity index (χ4n) is 7.64. The molecule has 0 saturated heterocycles. The summed E-state index contributed by atoms with van der Waals surface area (Å²) in [7, 11) is 0. The van der Waals surface area contributed by atoms with Gasteiger partial charge in [0.2, 0.25) is 0 Å². The molecule has 4 aromatic heterocycles. The number of aromatic nitrogens is 3. The minimum Gasteiger partial charge on any atom is -0.456 e. The van der Waals surface area contributed by atoms with Crippen LogP contribution in [0, 0.1) is 0 Å². The van der Waals surface area contributed by atoms with Crippen molar-refractivity contribution in [2.45, 2.75) is 0 Å². The molecule has 52 heavy (non-hydrogen) atoms. The van der Waals surface area contributed by atoms with Crippen LogP contribution < -0.4 is 0 Å². The van der Waals surface area contributed by atoms with Crippen molar-refractivity contribution in [3.8, 4) is 45.2 Å². The number of nitrogens with zero attached hydrogens (tertiary/aromatic N) is 3. The molecule has 0 aliphatic carbocycles. The molecule has 0 radical (unpaired) electrons. The number of furan rings is 2. The summed E-state index contributed by atoms with van der Waals surface area (Å²) in [6.45, 7) is 0. The summed E-state index contributed by atoms with van der Waals surface area (Å²) in [5, 5.41) is 7.36. The minimum absolute atomic E-state index is 0.589. The molecule has 11 aromatic rings. The molecule has 0 amide bonds. The lowest BCUT2D eigenvalue weighted by Gasteiger charge is -2.10. The highest BCUT2D eigenvalue weighted by Crippen LogP contribution is 2.43. The van der Waals surface area contributed by atoms with Gasteiger partial charge in [-0.1, -0.05) is 121 Å². The van der Waals surface area contributed by atoms with Crippen LogP contribution in [0.15, 0.2) is 173 Å². The second-order valence-corrected chi connectivity index (χ2v) is 13.1. The maximum Gasteiger partial charge on any atom is 0.164 e. The van der Waals surface area contributed by atoms with Crippen LogP contribution in [0.25, 0.3) is 111 Å². The van der Waals surface area contributed by atoms with E-state index >= 15 is 0 Å². The number of para-hydroxylation sites is 3. The molecule has 7 aromatic carbocycles. The summed E-state index contributed by atoms with van der Waals surface area (Å²) in [5.74, 6) is 0.589. The first-order valence-electron chi connectivity index (χ1n) is 17.4. The highest BCUT2D eigenvalue weighted by Gasteiger charge is 2.21. The number of hydrogen-bond donors (Lipinski definition) is 0. The fourth-order valence-corrected chi connectivity index (χ4v) is 7.64. The van der Waals surface area contributed by atoms with E-state index in [0.717, 1.165) is 105 Å². The monoisotopic (exact) mass is 665 g/mol. The largest absolute Gasteiger partial charge is 0.456 e. The van der Waals surface area contributed by atoms with Gasteiger partial charge in [0.05, 0.1) is 28.2 Å². The predicted molar refractivity (Wildman–Crippen MR) is 211 cm³/mol. The molecule has 4 heterocycles. The Balaban J connectivity index is 1.17. The molecular weight excluding hydrogens is 639 g/mol. The van der Waals surface area contributed by atoms with E-state index in [0.29, 0.717) is 5.82 Å². The van der Waals surface area contributed by atoms with Crippen LogP contribution in [0.2, 0.25) is 0 Å². The summed E-state index contributed by atoms with van der Waals surface area (Å²) in [4.78, 5) is 15.5. The normalized spacial score (nSPS) is 11.8. The highest BCUT2D eigenvalue weighted by atomic mass is 16.3. The van der Waals surface area contributed by atoms with E-state index < -0.39 is 0 Å². The summed E-state index contributed by atoms with van der Waals surface area (Å²) in [6.07, 6.45) is 0. The van der Waals surface area contributed by atoms with Crippen molar-refractivity contribution in [3.05, 3.63) is 164 Å². The first-order chi connectivity index (χ1) is 25.8. The molecule has 0 bridgehead atoms. The molecule has 0 unspecified atom stereocenters. The van der Waals surface area contributed by atoms with Crippen LogP contribution in [0.4, 0.5) is 0 Å². The van der Waals surface area contributed by atoms with Crippen LogP contribution in [-0.4, -0.2) is 15.0 Å². The Morgan fingerprint density at radius 1 is 0.365 bits per heavy atom. The van der Waals surface area contributed by atoms with Gasteiger partial charge < -0.3 is 8.83 Å². The number of hydrogen-bond acceptors (Lipinski definition) is 5. The van der Waals surface area contributed by atoms with Gasteiger partial charge in [-0.25, -0.2) is 15.0 Å². The van der Waals surface area contributed by atoms with E-state index in [4.69, 9.17) is 23.8 Å². The summed E-state index contributed by atoms with van der Waals surface area (Å²) < 4.78 is 13.3. The average Bonchev–Trinajstić information content (AvgIpc) is 3.79. The standard InChI is InChI=1S/C47H27N3O2/c1-3-12-28(13-4-1)39-27-40(30-22-23-32-31-16-8-10-21-41(31)51-42(32)26-30)50-47(49-39)37-19-11-18-33-34-24-25-36-43(46(34)52-45(33)37)35-17-7-9-20-38(35)48-44(36)29-14-5-2-6-15-29/h1-27H. The Bertz CT molecular complexity index is 3180. The molecule has 0 N–H and O–H groups in total. The van der Waals surface area contributed by atoms with Gasteiger partial charge in [0.1, 0.15) is 22.3 Å².